The maximum atomic E-state index is 12.4. The zero-order valence-corrected chi connectivity index (χ0v) is 17.6. The molecular weight excluding hydrogens is 410 g/mol. The Hall–Kier alpha value is -2.83. The minimum Gasteiger partial charge on any atom is -0.482 e. The number of methoxy groups -OCH3 is 1. The first-order chi connectivity index (χ1) is 14.0. The number of hydrogen-bond acceptors (Lipinski definition) is 5. The van der Waals surface area contributed by atoms with Gasteiger partial charge in [-0.05, 0) is 29.7 Å². The molecule has 3 rings (SSSR count). The second-order valence-electron chi connectivity index (χ2n) is 6.16. The fourth-order valence-electron chi connectivity index (χ4n) is 2.75. The molecular formula is C22H20ClNO4S. The molecule has 0 saturated heterocycles. The molecule has 0 saturated carbocycles. The fraction of sp³-hybridized carbons (Fsp3) is 0.182. The van der Waals surface area contributed by atoms with Gasteiger partial charge in [0.15, 0.2) is 6.61 Å². The Kier molecular flexibility index (Phi) is 6.90. The summed E-state index contributed by atoms with van der Waals surface area (Å²) in [6.45, 7) is 1.85. The molecule has 0 unspecified atom stereocenters. The fourth-order valence-corrected chi connectivity index (χ4v) is 3.92. The Morgan fingerprint density at radius 2 is 1.83 bits per heavy atom. The highest BCUT2D eigenvalue weighted by Crippen LogP contribution is 2.36. The second kappa shape index (κ2) is 9.58. The first-order valence-corrected chi connectivity index (χ1v) is 10.3. The van der Waals surface area contributed by atoms with E-state index in [4.69, 9.17) is 21.1 Å². The highest BCUT2D eigenvalue weighted by molar-refractivity contribution is 7.15. The maximum Gasteiger partial charge on any atom is 0.341 e. The number of ether oxygens (including phenoxy) is 2. The predicted octanol–water partition coefficient (Wildman–Crippen LogP) is 5.44. The largest absolute Gasteiger partial charge is 0.482 e. The smallest absolute Gasteiger partial charge is 0.341 e. The summed E-state index contributed by atoms with van der Waals surface area (Å²) in [6.07, 6.45) is 0.931. The van der Waals surface area contributed by atoms with Crippen molar-refractivity contribution < 1.29 is 19.1 Å². The van der Waals surface area contributed by atoms with E-state index < -0.39 is 11.9 Å². The topological polar surface area (TPSA) is 64.6 Å². The molecule has 0 aliphatic carbocycles. The van der Waals surface area contributed by atoms with Crippen molar-refractivity contribution >= 4 is 39.8 Å². The van der Waals surface area contributed by atoms with Gasteiger partial charge in [-0.15, -0.1) is 11.3 Å². The van der Waals surface area contributed by atoms with E-state index in [0.717, 1.165) is 12.0 Å². The van der Waals surface area contributed by atoms with Crippen LogP contribution in [0.2, 0.25) is 5.02 Å². The van der Waals surface area contributed by atoms with E-state index in [1.165, 1.54) is 24.0 Å². The number of halogens is 1. The van der Waals surface area contributed by atoms with E-state index >= 15 is 0 Å². The molecule has 1 amide bonds. The minimum absolute atomic E-state index is 0.233. The van der Waals surface area contributed by atoms with Crippen LogP contribution in [0, 0.1) is 0 Å². The van der Waals surface area contributed by atoms with Crippen molar-refractivity contribution in [2.45, 2.75) is 13.3 Å². The Morgan fingerprint density at radius 1 is 1.10 bits per heavy atom. The third-order valence-electron chi connectivity index (χ3n) is 4.30. The van der Waals surface area contributed by atoms with Crippen LogP contribution in [0.5, 0.6) is 5.75 Å². The van der Waals surface area contributed by atoms with Crippen LogP contribution in [-0.2, 0) is 16.0 Å². The first-order valence-electron chi connectivity index (χ1n) is 8.99. The summed E-state index contributed by atoms with van der Waals surface area (Å²) in [6, 6.07) is 14.9. The maximum absolute atomic E-state index is 12.4. The second-order valence-corrected chi connectivity index (χ2v) is 7.45. The highest BCUT2D eigenvalue weighted by Gasteiger charge is 2.22. The zero-order chi connectivity index (χ0) is 20.8. The quantitative estimate of drug-likeness (QED) is 0.508. The van der Waals surface area contributed by atoms with E-state index in [-0.39, 0.29) is 6.61 Å². The van der Waals surface area contributed by atoms with E-state index in [1.807, 2.05) is 29.6 Å². The van der Waals surface area contributed by atoms with Gasteiger partial charge in [0.05, 0.1) is 12.1 Å². The van der Waals surface area contributed by atoms with Crippen LogP contribution in [-0.4, -0.2) is 25.6 Å². The lowest BCUT2D eigenvalue weighted by atomic mass is 10.0. The lowest BCUT2D eigenvalue weighted by Gasteiger charge is -2.10. The van der Waals surface area contributed by atoms with Crippen LogP contribution in [0.4, 0.5) is 5.00 Å². The summed E-state index contributed by atoms with van der Waals surface area (Å²) in [4.78, 5) is 24.8. The molecule has 5 nitrogen and oxygen atoms in total. The molecule has 29 heavy (non-hydrogen) atoms. The van der Waals surface area contributed by atoms with E-state index in [0.29, 0.717) is 26.9 Å². The number of carbonyl (C=O) groups is 2. The predicted molar refractivity (Wildman–Crippen MR) is 116 cm³/mol. The van der Waals surface area contributed by atoms with E-state index in [9.17, 15) is 9.59 Å². The molecule has 1 N–H and O–H groups in total. The SMILES string of the molecule is CCc1ccc(-c2csc(NC(=O)COc3ccccc3Cl)c2C(=O)OC)cc1. The molecule has 2 aromatic carbocycles. The number of esters is 1. The lowest BCUT2D eigenvalue weighted by Crippen LogP contribution is -2.21. The van der Waals surface area contributed by atoms with Crippen LogP contribution in [0.1, 0.15) is 22.8 Å². The zero-order valence-electron chi connectivity index (χ0n) is 16.0. The summed E-state index contributed by atoms with van der Waals surface area (Å²) in [5.74, 6) is -0.492. The minimum atomic E-state index is -0.511. The van der Waals surface area contributed by atoms with E-state index in [2.05, 4.69) is 12.2 Å². The summed E-state index contributed by atoms with van der Waals surface area (Å²) in [5, 5.41) is 5.41. The Morgan fingerprint density at radius 3 is 2.48 bits per heavy atom. The van der Waals surface area contributed by atoms with Gasteiger partial charge in [-0.2, -0.15) is 0 Å². The Labute approximate surface area is 178 Å². The van der Waals surface area contributed by atoms with Crippen LogP contribution < -0.4 is 10.1 Å². The van der Waals surface area contributed by atoms with Gasteiger partial charge in [-0.3, -0.25) is 4.79 Å². The van der Waals surface area contributed by atoms with Crippen molar-refractivity contribution in [3.05, 3.63) is 70.1 Å². The number of para-hydroxylation sites is 1. The van der Waals surface area contributed by atoms with Crippen molar-refractivity contribution in [3.63, 3.8) is 0 Å². The molecule has 1 heterocycles. The number of thiophene rings is 1. The molecule has 7 heteroatoms. The molecule has 0 bridgehead atoms. The number of aryl methyl sites for hydroxylation is 1. The van der Waals surface area contributed by atoms with Gasteiger partial charge in [0, 0.05) is 10.9 Å². The van der Waals surface area contributed by atoms with Crippen LogP contribution >= 0.6 is 22.9 Å². The first kappa shape index (κ1) is 20.9. The molecule has 0 atom stereocenters. The van der Waals surface area contributed by atoms with Gasteiger partial charge in [0.2, 0.25) is 0 Å². The molecule has 0 aliphatic rings. The average molecular weight is 430 g/mol. The summed E-state index contributed by atoms with van der Waals surface area (Å²) in [7, 11) is 1.32. The third-order valence-corrected chi connectivity index (χ3v) is 5.51. The number of hydrogen-bond donors (Lipinski definition) is 1. The molecule has 150 valence electrons. The Balaban J connectivity index is 1.79. The number of carbonyl (C=O) groups excluding carboxylic acids is 2. The van der Waals surface area contributed by atoms with Crippen molar-refractivity contribution in [2.24, 2.45) is 0 Å². The van der Waals surface area contributed by atoms with Gasteiger partial charge in [-0.1, -0.05) is 54.9 Å². The van der Waals surface area contributed by atoms with Gasteiger partial charge in [0.25, 0.3) is 5.91 Å². The lowest BCUT2D eigenvalue weighted by molar-refractivity contribution is -0.118. The normalized spacial score (nSPS) is 10.4. The van der Waals surface area contributed by atoms with Crippen molar-refractivity contribution in [1.82, 2.24) is 0 Å². The molecule has 0 aliphatic heterocycles. The number of anilines is 1. The molecule has 0 radical (unpaired) electrons. The summed E-state index contributed by atoms with van der Waals surface area (Å²) in [5.41, 5.74) is 3.13. The molecule has 1 aromatic heterocycles. The van der Waals surface area contributed by atoms with Crippen LogP contribution in [0.3, 0.4) is 0 Å². The highest BCUT2D eigenvalue weighted by atomic mass is 35.5. The van der Waals surface area contributed by atoms with Crippen molar-refractivity contribution in [1.29, 1.82) is 0 Å². The average Bonchev–Trinajstić information content (AvgIpc) is 3.16. The summed E-state index contributed by atoms with van der Waals surface area (Å²) >= 11 is 7.29. The Bertz CT molecular complexity index is 1010. The number of amides is 1. The van der Waals surface area contributed by atoms with Gasteiger partial charge in [-0.25, -0.2) is 4.79 Å². The standard InChI is InChI=1S/C22H20ClNO4S/c1-3-14-8-10-15(11-9-14)16-13-29-21(20(16)22(26)27-2)24-19(25)12-28-18-7-5-4-6-17(18)23/h4-11,13H,3,12H2,1-2H3,(H,24,25). The summed E-state index contributed by atoms with van der Waals surface area (Å²) < 4.78 is 10.4. The van der Waals surface area contributed by atoms with Crippen molar-refractivity contribution in [2.75, 3.05) is 19.0 Å². The molecule has 0 spiro atoms. The van der Waals surface area contributed by atoms with Crippen LogP contribution in [0.15, 0.2) is 53.9 Å². The number of nitrogens with one attached hydrogen (secondary N) is 1. The van der Waals surface area contributed by atoms with Gasteiger partial charge < -0.3 is 14.8 Å². The third kappa shape index (κ3) is 4.96. The number of rotatable bonds is 7. The van der Waals surface area contributed by atoms with Gasteiger partial charge >= 0.3 is 5.97 Å². The van der Waals surface area contributed by atoms with Gasteiger partial charge in [0.1, 0.15) is 16.3 Å². The van der Waals surface area contributed by atoms with E-state index in [1.54, 1.807) is 24.3 Å². The van der Waals surface area contributed by atoms with Crippen molar-refractivity contribution in [3.8, 4) is 16.9 Å². The van der Waals surface area contributed by atoms with Crippen LogP contribution in [0.25, 0.3) is 11.1 Å². The molecule has 3 aromatic rings. The monoisotopic (exact) mass is 429 g/mol. The molecule has 0 fully saturated rings. The number of benzene rings is 2.